The van der Waals surface area contributed by atoms with E-state index >= 15 is 0 Å². The molecule has 0 radical (unpaired) electrons. The van der Waals surface area contributed by atoms with E-state index in [1.807, 2.05) is 30.3 Å². The van der Waals surface area contributed by atoms with E-state index in [2.05, 4.69) is 5.32 Å². The number of sulfonamides is 1. The molecule has 27 heavy (non-hydrogen) atoms. The highest BCUT2D eigenvalue weighted by Crippen LogP contribution is 2.22. The van der Waals surface area contributed by atoms with Gasteiger partial charge in [-0.15, -0.1) is 0 Å². The van der Waals surface area contributed by atoms with Crippen molar-refractivity contribution in [3.63, 3.8) is 0 Å². The first-order valence-corrected chi connectivity index (χ1v) is 10.3. The van der Waals surface area contributed by atoms with Crippen LogP contribution in [0.2, 0.25) is 0 Å². The van der Waals surface area contributed by atoms with Gasteiger partial charge >= 0.3 is 0 Å². The lowest BCUT2D eigenvalue weighted by Crippen LogP contribution is -2.50. The molecule has 1 aliphatic heterocycles. The van der Waals surface area contributed by atoms with Crippen LogP contribution in [0.25, 0.3) is 10.8 Å². The molecule has 0 bridgehead atoms. The van der Waals surface area contributed by atoms with Gasteiger partial charge in [0.15, 0.2) is 0 Å². The van der Waals surface area contributed by atoms with Gasteiger partial charge in [0.1, 0.15) is 0 Å². The summed E-state index contributed by atoms with van der Waals surface area (Å²) in [4.78, 5) is 24.9. The molecule has 3 rings (SSSR count). The van der Waals surface area contributed by atoms with Crippen LogP contribution in [0.15, 0.2) is 47.4 Å². The van der Waals surface area contributed by atoms with Crippen LogP contribution in [0.3, 0.4) is 0 Å². The van der Waals surface area contributed by atoms with Crippen molar-refractivity contribution >= 4 is 32.6 Å². The van der Waals surface area contributed by atoms with Gasteiger partial charge in [-0.1, -0.05) is 30.3 Å². The first kappa shape index (κ1) is 19.3. The van der Waals surface area contributed by atoms with Crippen LogP contribution in [0.5, 0.6) is 0 Å². The van der Waals surface area contributed by atoms with Crippen LogP contribution in [0.4, 0.5) is 0 Å². The Morgan fingerprint density at radius 1 is 1.00 bits per heavy atom. The molecule has 0 unspecified atom stereocenters. The van der Waals surface area contributed by atoms with E-state index in [1.165, 1.54) is 11.2 Å². The third-order valence-electron chi connectivity index (χ3n) is 4.66. The molecule has 0 aliphatic carbocycles. The largest absolute Gasteiger partial charge is 0.356 e. The molecular weight excluding hydrogens is 366 g/mol. The van der Waals surface area contributed by atoms with Crippen molar-refractivity contribution in [3.8, 4) is 0 Å². The Balaban J connectivity index is 1.63. The highest BCUT2D eigenvalue weighted by atomic mass is 32.2. The molecule has 7 nitrogen and oxygen atoms in total. The number of nitrogens with one attached hydrogen (secondary N) is 1. The van der Waals surface area contributed by atoms with E-state index in [4.69, 9.17) is 0 Å². The lowest BCUT2D eigenvalue weighted by molar-refractivity contribution is -0.132. The molecular formula is C19H23N3O4S. The zero-order chi connectivity index (χ0) is 19.4. The van der Waals surface area contributed by atoms with Crippen molar-refractivity contribution in [3.05, 3.63) is 42.5 Å². The SMILES string of the molecule is CC(=O)NCCC(=O)N1CCN(S(=O)(=O)c2ccc3ccccc3c2)CC1. The Morgan fingerprint density at radius 3 is 2.33 bits per heavy atom. The maximum Gasteiger partial charge on any atom is 0.243 e. The number of nitrogens with zero attached hydrogens (tertiary/aromatic N) is 2. The number of benzene rings is 2. The number of fused-ring (bicyclic) bond motifs is 1. The number of piperazine rings is 1. The summed E-state index contributed by atoms with van der Waals surface area (Å²) < 4.78 is 27.3. The lowest BCUT2D eigenvalue weighted by Gasteiger charge is -2.34. The molecule has 1 fully saturated rings. The van der Waals surface area contributed by atoms with Crippen LogP contribution in [-0.2, 0) is 19.6 Å². The molecule has 0 aromatic heterocycles. The average molecular weight is 389 g/mol. The first-order valence-electron chi connectivity index (χ1n) is 8.89. The van der Waals surface area contributed by atoms with Crippen LogP contribution < -0.4 is 5.32 Å². The first-order chi connectivity index (χ1) is 12.9. The molecule has 2 amide bonds. The zero-order valence-electron chi connectivity index (χ0n) is 15.2. The zero-order valence-corrected chi connectivity index (χ0v) is 16.0. The van der Waals surface area contributed by atoms with Gasteiger partial charge in [0, 0.05) is 46.1 Å². The molecule has 144 valence electrons. The van der Waals surface area contributed by atoms with Gasteiger partial charge < -0.3 is 10.2 Å². The summed E-state index contributed by atoms with van der Waals surface area (Å²) in [7, 11) is -3.59. The van der Waals surface area contributed by atoms with Crippen molar-refractivity contribution < 1.29 is 18.0 Å². The average Bonchev–Trinajstić information content (AvgIpc) is 2.67. The lowest BCUT2D eigenvalue weighted by atomic mass is 10.1. The summed E-state index contributed by atoms with van der Waals surface area (Å²) in [6, 6.07) is 12.8. The van der Waals surface area contributed by atoms with E-state index < -0.39 is 10.0 Å². The Labute approximate surface area is 159 Å². The van der Waals surface area contributed by atoms with Gasteiger partial charge in [0.05, 0.1) is 4.90 Å². The fourth-order valence-electron chi connectivity index (χ4n) is 3.16. The van der Waals surface area contributed by atoms with E-state index in [0.29, 0.717) is 19.6 Å². The van der Waals surface area contributed by atoms with E-state index in [9.17, 15) is 18.0 Å². The molecule has 1 aliphatic rings. The molecule has 0 atom stereocenters. The van der Waals surface area contributed by atoms with E-state index in [-0.39, 0.29) is 36.2 Å². The Kier molecular flexibility index (Phi) is 5.76. The molecule has 2 aromatic rings. The minimum Gasteiger partial charge on any atom is -0.356 e. The second kappa shape index (κ2) is 8.06. The number of carbonyl (C=O) groups excluding carboxylic acids is 2. The van der Waals surface area contributed by atoms with Crippen LogP contribution in [0.1, 0.15) is 13.3 Å². The van der Waals surface area contributed by atoms with Gasteiger partial charge in [0.2, 0.25) is 21.8 Å². The molecule has 0 spiro atoms. The normalized spacial score (nSPS) is 15.7. The molecule has 1 saturated heterocycles. The second-order valence-electron chi connectivity index (χ2n) is 6.53. The summed E-state index contributed by atoms with van der Waals surface area (Å²) >= 11 is 0. The van der Waals surface area contributed by atoms with E-state index in [1.54, 1.807) is 17.0 Å². The fraction of sp³-hybridized carbons (Fsp3) is 0.368. The maximum atomic E-state index is 12.9. The van der Waals surface area contributed by atoms with Gasteiger partial charge in [0.25, 0.3) is 0 Å². The maximum absolute atomic E-state index is 12.9. The number of amides is 2. The predicted octanol–water partition coefficient (Wildman–Crippen LogP) is 1.20. The fourth-order valence-corrected chi connectivity index (χ4v) is 4.62. The van der Waals surface area contributed by atoms with Crippen LogP contribution >= 0.6 is 0 Å². The van der Waals surface area contributed by atoms with Gasteiger partial charge in [-0.2, -0.15) is 4.31 Å². The quantitative estimate of drug-likeness (QED) is 0.832. The van der Waals surface area contributed by atoms with Crippen molar-refractivity contribution in [2.45, 2.75) is 18.2 Å². The predicted molar refractivity (Wildman–Crippen MR) is 103 cm³/mol. The number of rotatable bonds is 5. The van der Waals surface area contributed by atoms with Crippen molar-refractivity contribution in [2.75, 3.05) is 32.7 Å². The highest BCUT2D eigenvalue weighted by molar-refractivity contribution is 7.89. The third kappa shape index (κ3) is 4.45. The van der Waals surface area contributed by atoms with Gasteiger partial charge in [-0.25, -0.2) is 8.42 Å². The Hall–Kier alpha value is -2.45. The highest BCUT2D eigenvalue weighted by Gasteiger charge is 2.30. The summed E-state index contributed by atoms with van der Waals surface area (Å²) in [5.74, 6) is -0.249. The third-order valence-corrected chi connectivity index (χ3v) is 6.56. The molecule has 1 N–H and O–H groups in total. The van der Waals surface area contributed by atoms with Gasteiger partial charge in [-0.05, 0) is 22.9 Å². The van der Waals surface area contributed by atoms with Crippen molar-refractivity contribution in [2.24, 2.45) is 0 Å². The number of hydrogen-bond donors (Lipinski definition) is 1. The summed E-state index contributed by atoms with van der Waals surface area (Å²) in [6.45, 7) is 2.93. The Bertz CT molecular complexity index is 950. The second-order valence-corrected chi connectivity index (χ2v) is 8.46. The summed E-state index contributed by atoms with van der Waals surface area (Å²) in [5, 5.41) is 4.46. The van der Waals surface area contributed by atoms with Gasteiger partial charge in [-0.3, -0.25) is 9.59 Å². The summed E-state index contributed by atoms with van der Waals surface area (Å²) in [5.41, 5.74) is 0. The monoisotopic (exact) mass is 389 g/mol. The molecule has 0 saturated carbocycles. The Morgan fingerprint density at radius 2 is 1.67 bits per heavy atom. The van der Waals surface area contributed by atoms with Crippen molar-refractivity contribution in [1.82, 2.24) is 14.5 Å². The minimum atomic E-state index is -3.59. The summed E-state index contributed by atoms with van der Waals surface area (Å²) in [6.07, 6.45) is 0.219. The topological polar surface area (TPSA) is 86.8 Å². The standard InChI is InChI=1S/C19H23N3O4S/c1-15(23)20-9-8-19(24)21-10-12-22(13-11-21)27(25,26)18-7-6-16-4-2-3-5-17(16)14-18/h2-7,14H,8-13H2,1H3,(H,20,23). The minimum absolute atomic E-state index is 0.0773. The van der Waals surface area contributed by atoms with Crippen LogP contribution in [-0.4, -0.2) is 62.2 Å². The van der Waals surface area contributed by atoms with Crippen LogP contribution in [0, 0.1) is 0 Å². The number of carbonyl (C=O) groups is 2. The smallest absolute Gasteiger partial charge is 0.243 e. The molecule has 2 aromatic carbocycles. The van der Waals surface area contributed by atoms with E-state index in [0.717, 1.165) is 10.8 Å². The molecule has 1 heterocycles. The number of hydrogen-bond acceptors (Lipinski definition) is 4. The molecule has 8 heteroatoms. The van der Waals surface area contributed by atoms with Crippen molar-refractivity contribution in [1.29, 1.82) is 0 Å².